The smallest absolute Gasteiger partial charge is 0.265 e. The highest BCUT2D eigenvalue weighted by Gasteiger charge is 2.06. The SMILES string of the molecule is NNC(=O)c1ccn2c(I)cnc2c1. The molecule has 5 nitrogen and oxygen atoms in total. The van der Waals surface area contributed by atoms with Crippen LogP contribution in [0, 0.1) is 3.70 Å². The van der Waals surface area contributed by atoms with Crippen LogP contribution in [0.15, 0.2) is 24.5 Å². The van der Waals surface area contributed by atoms with Crippen molar-refractivity contribution in [2.24, 2.45) is 5.84 Å². The van der Waals surface area contributed by atoms with E-state index in [2.05, 4.69) is 33.0 Å². The molecule has 1 amide bonds. The molecule has 0 saturated heterocycles. The maximum atomic E-state index is 11.2. The molecule has 0 fully saturated rings. The minimum atomic E-state index is -0.314. The fourth-order valence-electron chi connectivity index (χ4n) is 1.17. The summed E-state index contributed by atoms with van der Waals surface area (Å²) in [6.07, 6.45) is 3.52. The standard InChI is InChI=1S/C8H7IN4O/c9-6-4-11-7-3-5(8(14)12-10)1-2-13(6)7/h1-4H,10H2,(H,12,14). The van der Waals surface area contributed by atoms with E-state index in [1.807, 2.05) is 4.40 Å². The Morgan fingerprint density at radius 3 is 3.14 bits per heavy atom. The molecule has 14 heavy (non-hydrogen) atoms. The maximum absolute atomic E-state index is 11.2. The molecular formula is C8H7IN4O. The molecule has 0 atom stereocenters. The van der Waals surface area contributed by atoms with Crippen LogP contribution in [0.4, 0.5) is 0 Å². The Morgan fingerprint density at radius 2 is 2.43 bits per heavy atom. The van der Waals surface area contributed by atoms with Crippen molar-refractivity contribution in [3.8, 4) is 0 Å². The molecule has 2 aromatic heterocycles. The molecule has 2 aromatic rings. The quantitative estimate of drug-likeness (QED) is 0.349. The fourth-order valence-corrected chi connectivity index (χ4v) is 1.72. The molecule has 2 rings (SSSR count). The van der Waals surface area contributed by atoms with Crippen LogP contribution < -0.4 is 11.3 Å². The number of amides is 1. The third-order valence-corrected chi connectivity index (χ3v) is 2.66. The second-order valence-electron chi connectivity index (χ2n) is 2.70. The van der Waals surface area contributed by atoms with Crippen LogP contribution in [0.5, 0.6) is 0 Å². The number of hydrogen-bond donors (Lipinski definition) is 2. The van der Waals surface area contributed by atoms with Gasteiger partial charge in [-0.15, -0.1) is 0 Å². The van der Waals surface area contributed by atoms with Crippen LogP contribution in [0.1, 0.15) is 10.4 Å². The molecule has 0 aliphatic heterocycles. The minimum absolute atomic E-state index is 0.314. The van der Waals surface area contributed by atoms with Crippen LogP contribution in [0.2, 0.25) is 0 Å². The van der Waals surface area contributed by atoms with Crippen LogP contribution in [0.25, 0.3) is 5.65 Å². The molecule has 0 aromatic carbocycles. The van der Waals surface area contributed by atoms with E-state index in [0.717, 1.165) is 9.35 Å². The number of aromatic nitrogens is 2. The number of carbonyl (C=O) groups excluding carboxylic acids is 1. The topological polar surface area (TPSA) is 72.4 Å². The summed E-state index contributed by atoms with van der Waals surface area (Å²) < 4.78 is 2.88. The number of pyridine rings is 1. The fraction of sp³-hybridized carbons (Fsp3) is 0. The van der Waals surface area contributed by atoms with Gasteiger partial charge in [0.2, 0.25) is 0 Å². The van der Waals surface area contributed by atoms with Gasteiger partial charge in [-0.1, -0.05) is 0 Å². The number of nitrogens with two attached hydrogens (primary N) is 1. The lowest BCUT2D eigenvalue weighted by atomic mass is 10.2. The van der Waals surface area contributed by atoms with Crippen molar-refractivity contribution < 1.29 is 4.79 Å². The lowest BCUT2D eigenvalue weighted by Crippen LogP contribution is -2.29. The number of carbonyl (C=O) groups is 1. The van der Waals surface area contributed by atoms with Crippen molar-refractivity contribution in [2.45, 2.75) is 0 Å². The van der Waals surface area contributed by atoms with Gasteiger partial charge in [-0.25, -0.2) is 10.8 Å². The maximum Gasteiger partial charge on any atom is 0.265 e. The summed E-state index contributed by atoms with van der Waals surface area (Å²) in [7, 11) is 0. The molecule has 0 unspecified atom stereocenters. The number of fused-ring (bicyclic) bond motifs is 1. The molecule has 0 saturated carbocycles. The van der Waals surface area contributed by atoms with Crippen molar-refractivity contribution in [2.75, 3.05) is 0 Å². The van der Waals surface area contributed by atoms with Gasteiger partial charge in [0.15, 0.2) is 0 Å². The van der Waals surface area contributed by atoms with E-state index < -0.39 is 0 Å². The van der Waals surface area contributed by atoms with E-state index in [-0.39, 0.29) is 5.91 Å². The average molecular weight is 302 g/mol. The van der Waals surface area contributed by atoms with E-state index in [1.54, 1.807) is 24.5 Å². The minimum Gasteiger partial charge on any atom is -0.295 e. The van der Waals surface area contributed by atoms with Crippen molar-refractivity contribution in [3.05, 3.63) is 33.8 Å². The van der Waals surface area contributed by atoms with E-state index >= 15 is 0 Å². The summed E-state index contributed by atoms with van der Waals surface area (Å²) >= 11 is 2.17. The first-order valence-electron chi connectivity index (χ1n) is 3.86. The van der Waals surface area contributed by atoms with Gasteiger partial charge in [0.1, 0.15) is 9.35 Å². The molecule has 6 heteroatoms. The van der Waals surface area contributed by atoms with E-state index in [9.17, 15) is 4.79 Å². The van der Waals surface area contributed by atoms with Gasteiger partial charge in [0.25, 0.3) is 5.91 Å². The summed E-state index contributed by atoms with van der Waals surface area (Å²) in [5, 5.41) is 0. The van der Waals surface area contributed by atoms with Gasteiger partial charge in [-0.05, 0) is 34.7 Å². The molecule has 3 N–H and O–H groups in total. The summed E-state index contributed by atoms with van der Waals surface area (Å²) in [6, 6.07) is 3.38. The van der Waals surface area contributed by atoms with Crippen LogP contribution in [-0.2, 0) is 0 Å². The number of nitrogen functional groups attached to an aromatic ring is 1. The highest BCUT2D eigenvalue weighted by atomic mass is 127. The first-order valence-corrected chi connectivity index (χ1v) is 4.94. The second-order valence-corrected chi connectivity index (χ2v) is 3.80. The summed E-state index contributed by atoms with van der Waals surface area (Å²) in [5.74, 6) is 4.71. The largest absolute Gasteiger partial charge is 0.295 e. The Kier molecular flexibility index (Phi) is 2.38. The second kappa shape index (κ2) is 3.54. The number of imidazole rings is 1. The summed E-state index contributed by atoms with van der Waals surface area (Å²) in [4.78, 5) is 15.3. The summed E-state index contributed by atoms with van der Waals surface area (Å²) in [6.45, 7) is 0. The van der Waals surface area contributed by atoms with Crippen LogP contribution in [0.3, 0.4) is 0 Å². The van der Waals surface area contributed by atoms with Crippen LogP contribution >= 0.6 is 22.6 Å². The van der Waals surface area contributed by atoms with Gasteiger partial charge in [-0.3, -0.25) is 14.6 Å². The molecule has 72 valence electrons. The Hall–Kier alpha value is -1.15. The third-order valence-electron chi connectivity index (χ3n) is 1.86. The van der Waals surface area contributed by atoms with Crippen molar-refractivity contribution in [1.82, 2.24) is 14.8 Å². The molecule has 0 radical (unpaired) electrons. The molecule has 0 aliphatic carbocycles. The first-order chi connectivity index (χ1) is 6.72. The van der Waals surface area contributed by atoms with Crippen molar-refractivity contribution in [3.63, 3.8) is 0 Å². The van der Waals surface area contributed by atoms with Crippen molar-refractivity contribution >= 4 is 34.1 Å². The molecule has 0 aliphatic rings. The zero-order chi connectivity index (χ0) is 10.1. The number of nitrogens with zero attached hydrogens (tertiary/aromatic N) is 2. The molecule has 2 heterocycles. The normalized spacial score (nSPS) is 10.4. The first kappa shape index (κ1) is 9.41. The van der Waals surface area contributed by atoms with Crippen molar-refractivity contribution in [1.29, 1.82) is 0 Å². The number of rotatable bonds is 1. The number of halogens is 1. The predicted octanol–water partition coefficient (Wildman–Crippen LogP) is 0.542. The van der Waals surface area contributed by atoms with Gasteiger partial charge in [-0.2, -0.15) is 0 Å². The van der Waals surface area contributed by atoms with Gasteiger partial charge in [0.05, 0.1) is 6.20 Å². The number of nitrogens with one attached hydrogen (secondary N) is 1. The molecular weight excluding hydrogens is 295 g/mol. The number of hydrogen-bond acceptors (Lipinski definition) is 3. The molecule has 0 spiro atoms. The third kappa shape index (κ3) is 1.46. The number of hydrazine groups is 1. The van der Waals surface area contributed by atoms with Gasteiger partial charge >= 0.3 is 0 Å². The monoisotopic (exact) mass is 302 g/mol. The molecule has 0 bridgehead atoms. The van der Waals surface area contributed by atoms with E-state index in [4.69, 9.17) is 5.84 Å². The average Bonchev–Trinajstić information content (AvgIpc) is 2.59. The highest BCUT2D eigenvalue weighted by molar-refractivity contribution is 14.1. The summed E-state index contributed by atoms with van der Waals surface area (Å²) in [5.41, 5.74) is 3.31. The van der Waals surface area contributed by atoms with Crippen LogP contribution in [-0.4, -0.2) is 15.3 Å². The Morgan fingerprint density at radius 1 is 1.64 bits per heavy atom. The zero-order valence-corrected chi connectivity index (χ0v) is 9.22. The van der Waals surface area contributed by atoms with E-state index in [0.29, 0.717) is 5.56 Å². The Bertz CT molecular complexity index is 493. The predicted molar refractivity (Wildman–Crippen MR) is 59.6 cm³/mol. The van der Waals surface area contributed by atoms with E-state index in [1.165, 1.54) is 0 Å². The van der Waals surface area contributed by atoms with Gasteiger partial charge in [0, 0.05) is 11.8 Å². The van der Waals surface area contributed by atoms with Gasteiger partial charge < -0.3 is 0 Å². The Labute approximate surface area is 93.4 Å². The zero-order valence-electron chi connectivity index (χ0n) is 7.07. The Balaban J connectivity index is 2.57. The lowest BCUT2D eigenvalue weighted by Gasteiger charge is -2.00. The lowest BCUT2D eigenvalue weighted by molar-refractivity contribution is 0.0953. The highest BCUT2D eigenvalue weighted by Crippen LogP contribution is 2.10.